The van der Waals surface area contributed by atoms with Crippen molar-refractivity contribution in [2.75, 3.05) is 0 Å². The molecule has 0 saturated carbocycles. The van der Waals surface area contributed by atoms with Gasteiger partial charge in [0.05, 0.1) is 0 Å². The van der Waals surface area contributed by atoms with Gasteiger partial charge in [0.2, 0.25) is 0 Å². The predicted octanol–water partition coefficient (Wildman–Crippen LogP) is 12.8. The average molecular weight is 637 g/mol. The van der Waals surface area contributed by atoms with Crippen LogP contribution in [0, 0.1) is 0 Å². The van der Waals surface area contributed by atoms with Gasteiger partial charge in [0.25, 0.3) is 0 Å². The molecule has 2 nitrogen and oxygen atoms in total. The van der Waals surface area contributed by atoms with E-state index in [9.17, 15) is 0 Å². The molecule has 0 bridgehead atoms. The van der Waals surface area contributed by atoms with Crippen molar-refractivity contribution >= 4 is 21.5 Å². The Hall–Kier alpha value is -6.64. The summed E-state index contributed by atoms with van der Waals surface area (Å²) in [6, 6.07) is 60.7. The molecule has 0 aliphatic rings. The van der Waals surface area contributed by atoms with Gasteiger partial charge in [-0.2, -0.15) is 0 Å². The van der Waals surface area contributed by atoms with Gasteiger partial charge in [0.15, 0.2) is 0 Å². The fourth-order valence-electron chi connectivity index (χ4n) is 7.20. The van der Waals surface area contributed by atoms with Crippen LogP contribution in [-0.2, 0) is 0 Å². The lowest BCUT2D eigenvalue weighted by atomic mass is 9.84. The van der Waals surface area contributed by atoms with Crippen molar-refractivity contribution in [1.29, 1.82) is 0 Å². The van der Waals surface area contributed by atoms with E-state index in [2.05, 4.69) is 170 Å². The van der Waals surface area contributed by atoms with Gasteiger partial charge in [0, 0.05) is 47.0 Å². The van der Waals surface area contributed by atoms with Crippen molar-refractivity contribution in [1.82, 2.24) is 9.97 Å². The third-order valence-electron chi connectivity index (χ3n) is 9.60. The molecule has 0 atom stereocenters. The quantitative estimate of drug-likeness (QED) is 0.170. The molecule has 2 heteroatoms. The first-order chi connectivity index (χ1) is 24.8. The third-order valence-corrected chi connectivity index (χ3v) is 9.60. The fourth-order valence-corrected chi connectivity index (χ4v) is 7.20. The highest BCUT2D eigenvalue weighted by molar-refractivity contribution is 6.22. The van der Waals surface area contributed by atoms with Gasteiger partial charge in [-0.25, -0.2) is 0 Å². The zero-order chi connectivity index (χ0) is 33.3. The molecule has 0 amide bonds. The van der Waals surface area contributed by atoms with Crippen molar-refractivity contribution in [2.45, 2.75) is 0 Å². The molecular weight excluding hydrogens is 605 g/mol. The first-order valence-corrected chi connectivity index (χ1v) is 17.0. The van der Waals surface area contributed by atoms with Crippen LogP contribution in [0.2, 0.25) is 0 Å². The molecule has 0 aliphatic heterocycles. The topological polar surface area (TPSA) is 25.8 Å². The highest BCUT2D eigenvalue weighted by Gasteiger charge is 2.20. The Morgan fingerprint density at radius 1 is 0.220 bits per heavy atom. The second-order valence-corrected chi connectivity index (χ2v) is 12.7. The second-order valence-electron chi connectivity index (χ2n) is 12.7. The standard InChI is InChI=1S/C48H32N2/c1-5-13-33(14-6-1)37-21-23-43-45(27-37)47(41-25-39(29-49-31-41)35-17-9-3-10-18-35)44-24-22-38(34-15-7-2-8-16-34)28-46(44)48(43)42-26-40(30-50-32-42)36-19-11-4-12-20-36/h1-32H. The van der Waals surface area contributed by atoms with E-state index in [-0.39, 0.29) is 0 Å². The summed E-state index contributed by atoms with van der Waals surface area (Å²) in [4.78, 5) is 9.63. The molecule has 0 N–H and O–H groups in total. The van der Waals surface area contributed by atoms with E-state index in [1.165, 1.54) is 54.9 Å². The number of aromatic nitrogens is 2. The number of fused-ring (bicyclic) bond motifs is 2. The zero-order valence-electron chi connectivity index (χ0n) is 27.4. The Morgan fingerprint density at radius 2 is 0.540 bits per heavy atom. The molecule has 0 radical (unpaired) electrons. The minimum atomic E-state index is 1.08. The van der Waals surface area contributed by atoms with Crippen molar-refractivity contribution < 1.29 is 0 Å². The summed E-state index contributed by atoms with van der Waals surface area (Å²) >= 11 is 0. The molecular formula is C48H32N2. The monoisotopic (exact) mass is 636 g/mol. The molecule has 0 fully saturated rings. The minimum Gasteiger partial charge on any atom is -0.263 e. The SMILES string of the molecule is c1ccc(-c2cncc(-c3c4ccc(-c5ccccc5)cc4c(-c4cncc(-c5ccccc5)c4)c4ccc(-c5ccccc5)cc34)c2)cc1. The maximum Gasteiger partial charge on any atom is 0.0347 e. The van der Waals surface area contributed by atoms with Gasteiger partial charge < -0.3 is 0 Å². The van der Waals surface area contributed by atoms with E-state index >= 15 is 0 Å². The fraction of sp³-hybridized carbons (Fsp3) is 0. The van der Waals surface area contributed by atoms with Gasteiger partial charge in [-0.3, -0.25) is 9.97 Å². The number of hydrogen-bond donors (Lipinski definition) is 0. The number of rotatable bonds is 6. The van der Waals surface area contributed by atoms with Crippen LogP contribution in [0.5, 0.6) is 0 Å². The minimum absolute atomic E-state index is 1.08. The summed E-state index contributed by atoms with van der Waals surface area (Å²) < 4.78 is 0. The zero-order valence-corrected chi connectivity index (χ0v) is 27.4. The molecule has 50 heavy (non-hydrogen) atoms. The first-order valence-electron chi connectivity index (χ1n) is 17.0. The lowest BCUT2D eigenvalue weighted by molar-refractivity contribution is 1.33. The van der Waals surface area contributed by atoms with Crippen LogP contribution < -0.4 is 0 Å². The smallest absolute Gasteiger partial charge is 0.0347 e. The number of nitrogens with zero attached hydrogens (tertiary/aromatic N) is 2. The van der Waals surface area contributed by atoms with E-state index in [4.69, 9.17) is 9.97 Å². The van der Waals surface area contributed by atoms with E-state index in [0.717, 1.165) is 33.4 Å². The predicted molar refractivity (Wildman–Crippen MR) is 210 cm³/mol. The Labute approximate surface area is 292 Å². The molecule has 234 valence electrons. The normalized spacial score (nSPS) is 11.2. The number of pyridine rings is 2. The molecule has 2 heterocycles. The highest BCUT2D eigenvalue weighted by Crippen LogP contribution is 2.46. The van der Waals surface area contributed by atoms with Crippen molar-refractivity contribution in [3.63, 3.8) is 0 Å². The van der Waals surface area contributed by atoms with Crippen LogP contribution in [0.4, 0.5) is 0 Å². The van der Waals surface area contributed by atoms with Crippen LogP contribution in [0.1, 0.15) is 0 Å². The molecule has 0 spiro atoms. The molecule has 9 aromatic rings. The molecule has 9 rings (SSSR count). The van der Waals surface area contributed by atoms with Gasteiger partial charge in [-0.15, -0.1) is 0 Å². The van der Waals surface area contributed by atoms with Crippen LogP contribution in [0.3, 0.4) is 0 Å². The van der Waals surface area contributed by atoms with Crippen LogP contribution in [0.25, 0.3) is 88.3 Å². The van der Waals surface area contributed by atoms with Crippen LogP contribution in [-0.4, -0.2) is 9.97 Å². The molecule has 0 saturated heterocycles. The first kappa shape index (κ1) is 29.5. The van der Waals surface area contributed by atoms with Crippen molar-refractivity contribution in [2.24, 2.45) is 0 Å². The third kappa shape index (κ3) is 5.43. The highest BCUT2D eigenvalue weighted by atomic mass is 14.6. The lowest BCUT2D eigenvalue weighted by Crippen LogP contribution is -1.94. The number of hydrogen-bond acceptors (Lipinski definition) is 2. The molecule has 0 aliphatic carbocycles. The molecule has 2 aromatic heterocycles. The lowest BCUT2D eigenvalue weighted by Gasteiger charge is -2.20. The van der Waals surface area contributed by atoms with Gasteiger partial charge in [0.1, 0.15) is 0 Å². The Balaban J connectivity index is 1.40. The summed E-state index contributed by atoms with van der Waals surface area (Å²) in [5, 5.41) is 4.71. The molecule has 0 unspecified atom stereocenters. The van der Waals surface area contributed by atoms with Crippen molar-refractivity contribution in [3.05, 3.63) is 195 Å². The summed E-state index contributed by atoms with van der Waals surface area (Å²) in [5.41, 5.74) is 13.7. The van der Waals surface area contributed by atoms with E-state index in [0.29, 0.717) is 0 Å². The summed E-state index contributed by atoms with van der Waals surface area (Å²) in [6.45, 7) is 0. The second kappa shape index (κ2) is 12.8. The number of benzene rings is 7. The van der Waals surface area contributed by atoms with Gasteiger partial charge in [-0.05, 0) is 90.3 Å². The maximum atomic E-state index is 4.81. The Morgan fingerprint density at radius 3 is 0.900 bits per heavy atom. The van der Waals surface area contributed by atoms with Gasteiger partial charge >= 0.3 is 0 Å². The van der Waals surface area contributed by atoms with Crippen LogP contribution >= 0.6 is 0 Å². The van der Waals surface area contributed by atoms with E-state index in [1.807, 2.05) is 24.8 Å². The van der Waals surface area contributed by atoms with Gasteiger partial charge in [-0.1, -0.05) is 146 Å². The average Bonchev–Trinajstić information content (AvgIpc) is 3.21. The largest absolute Gasteiger partial charge is 0.263 e. The summed E-state index contributed by atoms with van der Waals surface area (Å²) in [5.74, 6) is 0. The van der Waals surface area contributed by atoms with E-state index < -0.39 is 0 Å². The maximum absolute atomic E-state index is 4.81. The Kier molecular flexibility index (Phi) is 7.53. The van der Waals surface area contributed by atoms with E-state index in [1.54, 1.807) is 0 Å². The molecule has 7 aromatic carbocycles. The summed E-state index contributed by atoms with van der Waals surface area (Å²) in [6.07, 6.45) is 7.94. The Bertz CT molecular complexity index is 2430. The van der Waals surface area contributed by atoms with Crippen LogP contribution in [0.15, 0.2) is 195 Å². The van der Waals surface area contributed by atoms with Crippen molar-refractivity contribution in [3.8, 4) is 66.8 Å². The summed E-state index contributed by atoms with van der Waals surface area (Å²) in [7, 11) is 0.